The van der Waals surface area contributed by atoms with Crippen molar-refractivity contribution in [2.45, 2.75) is 20.3 Å². The van der Waals surface area contributed by atoms with E-state index in [0.29, 0.717) is 17.3 Å². The van der Waals surface area contributed by atoms with Crippen LogP contribution in [-0.4, -0.2) is 29.6 Å². The van der Waals surface area contributed by atoms with Gasteiger partial charge in [0.15, 0.2) is 0 Å². The van der Waals surface area contributed by atoms with E-state index >= 15 is 0 Å². The van der Waals surface area contributed by atoms with Gasteiger partial charge in [0.2, 0.25) is 5.95 Å². The first-order chi connectivity index (χ1) is 10.6. The zero-order valence-electron chi connectivity index (χ0n) is 13.0. The molecule has 22 heavy (non-hydrogen) atoms. The number of hydrogen-bond acceptors (Lipinski definition) is 6. The lowest BCUT2D eigenvalue weighted by atomic mass is 10.2. The quantitative estimate of drug-likeness (QED) is 0.798. The first-order valence-corrected chi connectivity index (χ1v) is 7.17. The van der Waals surface area contributed by atoms with Crippen LogP contribution in [0, 0.1) is 6.92 Å². The number of nitrogens with zero attached hydrogens (tertiary/aromatic N) is 2. The molecule has 0 bridgehead atoms. The molecule has 0 saturated heterocycles. The van der Waals surface area contributed by atoms with Gasteiger partial charge in [-0.2, -0.15) is 4.98 Å². The Morgan fingerprint density at radius 3 is 2.82 bits per heavy atom. The van der Waals surface area contributed by atoms with E-state index < -0.39 is 0 Å². The maximum Gasteiger partial charge on any atom is 0.337 e. The summed E-state index contributed by atoms with van der Waals surface area (Å²) in [5, 5.41) is 6.35. The molecule has 6 heteroatoms. The number of nitrogens with one attached hydrogen (secondary N) is 2. The summed E-state index contributed by atoms with van der Waals surface area (Å²) in [4.78, 5) is 20.3. The second kappa shape index (κ2) is 7.40. The van der Waals surface area contributed by atoms with Gasteiger partial charge in [0.1, 0.15) is 5.82 Å². The summed E-state index contributed by atoms with van der Waals surface area (Å²) in [6.45, 7) is 4.82. The molecule has 1 heterocycles. The molecule has 0 aliphatic carbocycles. The van der Waals surface area contributed by atoms with Crippen molar-refractivity contribution >= 4 is 23.4 Å². The topological polar surface area (TPSA) is 76.1 Å². The van der Waals surface area contributed by atoms with E-state index in [1.165, 1.54) is 7.11 Å². The number of rotatable bonds is 6. The molecule has 116 valence electrons. The van der Waals surface area contributed by atoms with Gasteiger partial charge < -0.3 is 15.4 Å². The third-order valence-corrected chi connectivity index (χ3v) is 2.94. The van der Waals surface area contributed by atoms with E-state index in [4.69, 9.17) is 4.74 Å². The van der Waals surface area contributed by atoms with Gasteiger partial charge in [0, 0.05) is 24.0 Å². The van der Waals surface area contributed by atoms with Gasteiger partial charge in [-0.15, -0.1) is 0 Å². The molecule has 0 radical (unpaired) electrons. The van der Waals surface area contributed by atoms with Gasteiger partial charge >= 0.3 is 5.97 Å². The summed E-state index contributed by atoms with van der Waals surface area (Å²) in [5.41, 5.74) is 2.12. The van der Waals surface area contributed by atoms with Crippen molar-refractivity contribution < 1.29 is 9.53 Å². The van der Waals surface area contributed by atoms with E-state index in [1.54, 1.807) is 18.2 Å². The predicted octanol–water partition coefficient (Wildman–Crippen LogP) is 3.14. The largest absolute Gasteiger partial charge is 0.465 e. The Morgan fingerprint density at radius 1 is 1.27 bits per heavy atom. The Hall–Kier alpha value is -2.63. The number of esters is 1. The molecule has 0 fully saturated rings. The Balaban J connectivity index is 2.19. The molecule has 2 N–H and O–H groups in total. The van der Waals surface area contributed by atoms with Crippen LogP contribution in [0.3, 0.4) is 0 Å². The minimum absolute atomic E-state index is 0.368. The smallest absolute Gasteiger partial charge is 0.337 e. The lowest BCUT2D eigenvalue weighted by Crippen LogP contribution is -2.07. The highest BCUT2D eigenvalue weighted by Crippen LogP contribution is 2.18. The van der Waals surface area contributed by atoms with Crippen LogP contribution >= 0.6 is 0 Å². The van der Waals surface area contributed by atoms with Crippen molar-refractivity contribution in [3.05, 3.63) is 41.6 Å². The van der Waals surface area contributed by atoms with Gasteiger partial charge in [0.05, 0.1) is 12.7 Å². The normalized spacial score (nSPS) is 10.1. The summed E-state index contributed by atoms with van der Waals surface area (Å²) in [7, 11) is 1.36. The number of hydrogen-bond donors (Lipinski definition) is 2. The Kier molecular flexibility index (Phi) is 5.30. The Labute approximate surface area is 129 Å². The highest BCUT2D eigenvalue weighted by molar-refractivity contribution is 5.90. The molecule has 2 aromatic rings. The average Bonchev–Trinajstić information content (AvgIpc) is 2.52. The summed E-state index contributed by atoms with van der Waals surface area (Å²) >= 11 is 0. The fraction of sp³-hybridized carbons (Fsp3) is 0.312. The van der Waals surface area contributed by atoms with Crippen LogP contribution in [0.2, 0.25) is 0 Å². The van der Waals surface area contributed by atoms with Gasteiger partial charge in [-0.05, 0) is 31.5 Å². The van der Waals surface area contributed by atoms with E-state index in [-0.39, 0.29) is 5.97 Å². The van der Waals surface area contributed by atoms with Gasteiger partial charge in [-0.3, -0.25) is 0 Å². The van der Waals surface area contributed by atoms with Crippen LogP contribution in [0.5, 0.6) is 0 Å². The minimum atomic E-state index is -0.368. The molecule has 0 amide bonds. The molecule has 0 spiro atoms. The molecule has 1 aromatic carbocycles. The van der Waals surface area contributed by atoms with Crippen molar-refractivity contribution in [2.24, 2.45) is 0 Å². The standard InChI is InChI=1S/C16H20N4O2/c1-4-8-17-16-18-11(2)9-14(20-16)19-13-7-5-6-12(10-13)15(21)22-3/h5-7,9-10H,4,8H2,1-3H3,(H2,17,18,19,20). The molecular formula is C16H20N4O2. The zero-order valence-corrected chi connectivity index (χ0v) is 13.0. The highest BCUT2D eigenvalue weighted by Gasteiger charge is 2.07. The van der Waals surface area contributed by atoms with Crippen molar-refractivity contribution in [1.29, 1.82) is 0 Å². The second-order valence-electron chi connectivity index (χ2n) is 4.84. The van der Waals surface area contributed by atoms with Crippen LogP contribution in [0.25, 0.3) is 0 Å². The molecule has 0 aliphatic rings. The molecular weight excluding hydrogens is 280 g/mol. The first-order valence-electron chi connectivity index (χ1n) is 7.17. The molecule has 0 aliphatic heterocycles. The van der Waals surface area contributed by atoms with Crippen LogP contribution in [-0.2, 0) is 4.74 Å². The average molecular weight is 300 g/mol. The molecule has 0 atom stereocenters. The number of carbonyl (C=O) groups excluding carboxylic acids is 1. The van der Waals surface area contributed by atoms with Crippen molar-refractivity contribution in [3.8, 4) is 0 Å². The summed E-state index contributed by atoms with van der Waals surface area (Å²) < 4.78 is 4.72. The molecule has 1 aromatic heterocycles. The second-order valence-corrected chi connectivity index (χ2v) is 4.84. The molecule has 2 rings (SSSR count). The number of carbonyl (C=O) groups is 1. The van der Waals surface area contributed by atoms with Crippen LogP contribution in [0.4, 0.5) is 17.5 Å². The Bertz CT molecular complexity index is 658. The fourth-order valence-corrected chi connectivity index (χ4v) is 1.94. The van der Waals surface area contributed by atoms with Gasteiger partial charge in [-0.1, -0.05) is 13.0 Å². The molecule has 0 unspecified atom stereocenters. The lowest BCUT2D eigenvalue weighted by Gasteiger charge is -2.10. The van der Waals surface area contributed by atoms with E-state index in [1.807, 2.05) is 19.1 Å². The maximum atomic E-state index is 11.6. The van der Waals surface area contributed by atoms with Crippen LogP contribution in [0.1, 0.15) is 29.4 Å². The monoisotopic (exact) mass is 300 g/mol. The number of anilines is 3. The fourth-order valence-electron chi connectivity index (χ4n) is 1.94. The van der Waals surface area contributed by atoms with E-state index in [9.17, 15) is 4.79 Å². The van der Waals surface area contributed by atoms with Gasteiger partial charge in [-0.25, -0.2) is 9.78 Å². The number of aromatic nitrogens is 2. The summed E-state index contributed by atoms with van der Waals surface area (Å²) in [6.07, 6.45) is 1.00. The number of aryl methyl sites for hydroxylation is 1. The number of benzene rings is 1. The third kappa shape index (κ3) is 4.18. The zero-order chi connectivity index (χ0) is 15.9. The highest BCUT2D eigenvalue weighted by atomic mass is 16.5. The Morgan fingerprint density at radius 2 is 2.09 bits per heavy atom. The maximum absolute atomic E-state index is 11.6. The van der Waals surface area contributed by atoms with Crippen molar-refractivity contribution in [1.82, 2.24) is 9.97 Å². The predicted molar refractivity (Wildman–Crippen MR) is 86.6 cm³/mol. The number of ether oxygens (including phenoxy) is 1. The minimum Gasteiger partial charge on any atom is -0.465 e. The summed E-state index contributed by atoms with van der Waals surface area (Å²) in [6, 6.07) is 8.93. The van der Waals surface area contributed by atoms with Crippen molar-refractivity contribution in [3.63, 3.8) is 0 Å². The SMILES string of the molecule is CCCNc1nc(C)cc(Nc2cccc(C(=O)OC)c2)n1. The van der Waals surface area contributed by atoms with E-state index in [2.05, 4.69) is 27.5 Å². The van der Waals surface area contributed by atoms with Crippen molar-refractivity contribution in [2.75, 3.05) is 24.3 Å². The molecule has 0 saturated carbocycles. The van der Waals surface area contributed by atoms with Gasteiger partial charge in [0.25, 0.3) is 0 Å². The van der Waals surface area contributed by atoms with Crippen LogP contribution < -0.4 is 10.6 Å². The lowest BCUT2D eigenvalue weighted by molar-refractivity contribution is 0.0601. The van der Waals surface area contributed by atoms with E-state index in [0.717, 1.165) is 24.3 Å². The van der Waals surface area contributed by atoms with Crippen LogP contribution in [0.15, 0.2) is 30.3 Å². The molecule has 6 nitrogen and oxygen atoms in total. The first kappa shape index (κ1) is 15.8. The number of methoxy groups -OCH3 is 1. The summed E-state index contributed by atoms with van der Waals surface area (Å²) in [5.74, 6) is 0.898. The third-order valence-electron chi connectivity index (χ3n) is 2.94.